The van der Waals surface area contributed by atoms with Crippen molar-refractivity contribution in [3.8, 4) is 0 Å². The number of fused-ring (bicyclic) bond motifs is 1. The van der Waals surface area contributed by atoms with E-state index in [0.717, 1.165) is 26.2 Å². The molecule has 22 heavy (non-hydrogen) atoms. The van der Waals surface area contributed by atoms with Gasteiger partial charge in [0.2, 0.25) is 0 Å². The first kappa shape index (κ1) is 18.1. The Morgan fingerprint density at radius 1 is 1.27 bits per heavy atom. The molecule has 1 fully saturated rings. The Bertz CT molecular complexity index is 515. The highest BCUT2D eigenvalue weighted by Crippen LogP contribution is 2.43. The molecule has 0 aromatic heterocycles. The van der Waals surface area contributed by atoms with Crippen LogP contribution in [-0.4, -0.2) is 48.8 Å². The Hall–Kier alpha value is -0.290. The fourth-order valence-electron chi connectivity index (χ4n) is 3.82. The van der Waals surface area contributed by atoms with E-state index in [1.165, 1.54) is 28.6 Å². The monoisotopic (exact) mass is 388 g/mol. The average Bonchev–Trinajstić information content (AvgIpc) is 2.72. The largest absolute Gasteiger partial charge is 0.395 e. The molecule has 1 aromatic rings. The lowest BCUT2D eigenvalue weighted by molar-refractivity contribution is 0.162. The van der Waals surface area contributed by atoms with Gasteiger partial charge in [0.1, 0.15) is 0 Å². The number of likely N-dealkylation sites (tertiary alicyclic amines) is 1. The van der Waals surface area contributed by atoms with Crippen molar-refractivity contribution < 1.29 is 5.11 Å². The fraction of sp³-hybridized carbons (Fsp3) is 0.647. The zero-order valence-corrected chi connectivity index (χ0v) is 15.8. The lowest BCUT2D eigenvalue weighted by atomic mass is 9.87. The quantitative estimate of drug-likeness (QED) is 0.858. The maximum absolute atomic E-state index is 9.06. The molecule has 2 aliphatic heterocycles. The molecule has 1 N–H and O–H groups in total. The zero-order valence-electron chi connectivity index (χ0n) is 13.4. The molecule has 3 nitrogen and oxygen atoms in total. The molecule has 0 aliphatic carbocycles. The molecule has 0 atom stereocenters. The van der Waals surface area contributed by atoms with E-state index >= 15 is 0 Å². The molecular formula is C17H26BrClN2O. The fourth-order valence-corrected chi connectivity index (χ4v) is 4.18. The van der Waals surface area contributed by atoms with Crippen LogP contribution < -0.4 is 4.90 Å². The number of piperidine rings is 1. The van der Waals surface area contributed by atoms with Gasteiger partial charge < -0.3 is 14.9 Å². The molecule has 1 saturated heterocycles. The highest BCUT2D eigenvalue weighted by Gasteiger charge is 2.38. The van der Waals surface area contributed by atoms with Gasteiger partial charge in [0.25, 0.3) is 0 Å². The van der Waals surface area contributed by atoms with Gasteiger partial charge in [-0.3, -0.25) is 0 Å². The lowest BCUT2D eigenvalue weighted by Gasteiger charge is -2.38. The second kappa shape index (κ2) is 7.08. The van der Waals surface area contributed by atoms with E-state index in [1.807, 2.05) is 0 Å². The molecule has 0 radical (unpaired) electrons. The topological polar surface area (TPSA) is 26.7 Å². The van der Waals surface area contributed by atoms with Crippen LogP contribution >= 0.6 is 28.3 Å². The molecule has 2 aliphatic rings. The number of benzene rings is 1. The molecular weight excluding hydrogens is 364 g/mol. The van der Waals surface area contributed by atoms with E-state index in [2.05, 4.69) is 57.8 Å². The number of β-amino-alcohol motifs (C(OH)–C–C–N with tert-alkyl or cyclic N) is 1. The Kier molecular flexibility index (Phi) is 5.81. The maximum atomic E-state index is 9.06. The van der Waals surface area contributed by atoms with Crippen LogP contribution in [-0.2, 0) is 5.41 Å². The third-order valence-electron chi connectivity index (χ3n) is 4.98. The van der Waals surface area contributed by atoms with Gasteiger partial charge in [-0.1, -0.05) is 29.8 Å². The standard InChI is InChI=1S/C17H25BrN2O.ClH/c1-17(2)12-20(16-4-3-13(18)11-15(16)17)14-5-7-19(8-6-14)9-10-21;/h3-4,11,14,21H,5-10,12H2,1-2H3;1H. The first-order valence-electron chi connectivity index (χ1n) is 7.91. The van der Waals surface area contributed by atoms with Crippen LogP contribution in [0, 0.1) is 0 Å². The van der Waals surface area contributed by atoms with Gasteiger partial charge in [0.05, 0.1) is 6.61 Å². The maximum Gasteiger partial charge on any atom is 0.0558 e. The van der Waals surface area contributed by atoms with Gasteiger partial charge in [0, 0.05) is 47.8 Å². The normalized spacial score (nSPS) is 21.5. The summed E-state index contributed by atoms with van der Waals surface area (Å²) in [5.41, 5.74) is 3.11. The second-order valence-corrected chi connectivity index (χ2v) is 7.89. The zero-order chi connectivity index (χ0) is 15.0. The van der Waals surface area contributed by atoms with Gasteiger partial charge in [-0.05, 0) is 36.6 Å². The highest BCUT2D eigenvalue weighted by molar-refractivity contribution is 9.10. The van der Waals surface area contributed by atoms with Crippen molar-refractivity contribution in [2.24, 2.45) is 0 Å². The van der Waals surface area contributed by atoms with Crippen molar-refractivity contribution in [1.82, 2.24) is 4.90 Å². The predicted molar refractivity (Wildman–Crippen MR) is 98.3 cm³/mol. The van der Waals surface area contributed by atoms with Crippen molar-refractivity contribution in [3.05, 3.63) is 28.2 Å². The van der Waals surface area contributed by atoms with Gasteiger partial charge in [-0.2, -0.15) is 0 Å². The number of anilines is 1. The molecule has 0 saturated carbocycles. The van der Waals surface area contributed by atoms with E-state index in [1.54, 1.807) is 0 Å². The van der Waals surface area contributed by atoms with Crippen molar-refractivity contribution in [1.29, 1.82) is 0 Å². The van der Waals surface area contributed by atoms with Crippen LogP contribution in [0.4, 0.5) is 5.69 Å². The first-order chi connectivity index (χ1) is 10.0. The van der Waals surface area contributed by atoms with Crippen LogP contribution in [0.5, 0.6) is 0 Å². The third-order valence-corrected chi connectivity index (χ3v) is 5.47. The van der Waals surface area contributed by atoms with Gasteiger partial charge in [-0.15, -0.1) is 12.4 Å². The number of nitrogens with zero attached hydrogens (tertiary/aromatic N) is 2. The number of hydrogen-bond acceptors (Lipinski definition) is 3. The van der Waals surface area contributed by atoms with E-state index < -0.39 is 0 Å². The Labute approximate surface area is 148 Å². The highest BCUT2D eigenvalue weighted by atomic mass is 79.9. The van der Waals surface area contributed by atoms with E-state index in [-0.39, 0.29) is 24.4 Å². The summed E-state index contributed by atoms with van der Waals surface area (Å²) < 4.78 is 1.17. The van der Waals surface area contributed by atoms with Crippen molar-refractivity contribution in [2.75, 3.05) is 37.7 Å². The average molecular weight is 390 g/mol. The van der Waals surface area contributed by atoms with Crippen molar-refractivity contribution in [2.45, 2.75) is 38.1 Å². The van der Waals surface area contributed by atoms with Crippen molar-refractivity contribution in [3.63, 3.8) is 0 Å². The second-order valence-electron chi connectivity index (χ2n) is 6.97. The third kappa shape index (κ3) is 3.45. The van der Waals surface area contributed by atoms with Crippen LogP contribution in [0.2, 0.25) is 0 Å². The smallest absolute Gasteiger partial charge is 0.0558 e. The molecule has 0 spiro atoms. The molecule has 0 unspecified atom stereocenters. The number of halogens is 2. The molecule has 2 heterocycles. The molecule has 0 bridgehead atoms. The minimum absolute atomic E-state index is 0. The van der Waals surface area contributed by atoms with Crippen LogP contribution in [0.3, 0.4) is 0 Å². The summed E-state index contributed by atoms with van der Waals surface area (Å²) in [5.74, 6) is 0. The van der Waals surface area contributed by atoms with E-state index in [0.29, 0.717) is 6.04 Å². The predicted octanol–water partition coefficient (Wildman–Crippen LogP) is 3.43. The Morgan fingerprint density at radius 2 is 1.95 bits per heavy atom. The van der Waals surface area contributed by atoms with E-state index in [9.17, 15) is 0 Å². The summed E-state index contributed by atoms with van der Waals surface area (Å²) in [6.07, 6.45) is 2.40. The Morgan fingerprint density at radius 3 is 2.59 bits per heavy atom. The molecule has 124 valence electrons. The van der Waals surface area contributed by atoms with Crippen LogP contribution in [0.15, 0.2) is 22.7 Å². The molecule has 1 aromatic carbocycles. The molecule has 3 rings (SSSR count). The van der Waals surface area contributed by atoms with Crippen molar-refractivity contribution >= 4 is 34.0 Å². The summed E-state index contributed by atoms with van der Waals surface area (Å²) in [5, 5.41) is 9.06. The SMILES string of the molecule is CC1(C)CN(C2CCN(CCO)CC2)c2ccc(Br)cc21.Cl. The molecule has 0 amide bonds. The number of hydrogen-bond donors (Lipinski definition) is 1. The minimum atomic E-state index is 0. The summed E-state index contributed by atoms with van der Waals surface area (Å²) >= 11 is 3.61. The van der Waals surface area contributed by atoms with Gasteiger partial charge in [0.15, 0.2) is 0 Å². The number of rotatable bonds is 3. The lowest BCUT2D eigenvalue weighted by Crippen LogP contribution is -2.46. The number of aliphatic hydroxyl groups is 1. The molecule has 5 heteroatoms. The minimum Gasteiger partial charge on any atom is -0.395 e. The van der Waals surface area contributed by atoms with E-state index in [4.69, 9.17) is 5.11 Å². The van der Waals surface area contributed by atoms with Crippen LogP contribution in [0.1, 0.15) is 32.3 Å². The van der Waals surface area contributed by atoms with Gasteiger partial charge >= 0.3 is 0 Å². The van der Waals surface area contributed by atoms with Gasteiger partial charge in [-0.25, -0.2) is 0 Å². The first-order valence-corrected chi connectivity index (χ1v) is 8.70. The number of aliphatic hydroxyl groups excluding tert-OH is 1. The summed E-state index contributed by atoms with van der Waals surface area (Å²) in [6, 6.07) is 7.36. The Balaban J connectivity index is 0.00000176. The summed E-state index contributed by atoms with van der Waals surface area (Å²) in [4.78, 5) is 5.00. The summed E-state index contributed by atoms with van der Waals surface area (Å²) in [6.45, 7) is 9.11. The van der Waals surface area contributed by atoms with Crippen LogP contribution in [0.25, 0.3) is 0 Å². The summed E-state index contributed by atoms with van der Waals surface area (Å²) in [7, 11) is 0.